The van der Waals surface area contributed by atoms with Crippen molar-refractivity contribution in [2.75, 3.05) is 13.1 Å². The second kappa shape index (κ2) is 7.13. The van der Waals surface area contributed by atoms with E-state index >= 15 is 0 Å². The predicted octanol–water partition coefficient (Wildman–Crippen LogP) is -0.660. The fourth-order valence-electron chi connectivity index (χ4n) is 2.06. The molecule has 0 aromatic carbocycles. The lowest BCUT2D eigenvalue weighted by Crippen LogP contribution is -2.56. The van der Waals surface area contributed by atoms with Gasteiger partial charge in [-0.05, 0) is 27.7 Å². The van der Waals surface area contributed by atoms with Gasteiger partial charge in [-0.25, -0.2) is 0 Å². The molecule has 0 aliphatic rings. The highest BCUT2D eigenvalue weighted by atomic mass is 16.2. The molecule has 0 rings (SSSR count). The molecule has 0 aliphatic carbocycles. The second-order valence-electron chi connectivity index (χ2n) is 4.27. The maximum absolute atomic E-state index is 11.5. The highest BCUT2D eigenvalue weighted by Crippen LogP contribution is 2.10. The lowest BCUT2D eigenvalue weighted by molar-refractivity contribution is -0.139. The van der Waals surface area contributed by atoms with Gasteiger partial charge in [0.15, 0.2) is 23.1 Å². The SMILES string of the molecule is CC(=O)C(C(C)=O)N(CCN)C(C(C)=O)C(C)=O. The lowest BCUT2D eigenvalue weighted by Gasteiger charge is -2.32. The van der Waals surface area contributed by atoms with Gasteiger partial charge in [0, 0.05) is 13.1 Å². The molecule has 0 saturated heterocycles. The van der Waals surface area contributed by atoms with Gasteiger partial charge in [-0.3, -0.25) is 24.1 Å². The Morgan fingerprint density at radius 2 is 1.11 bits per heavy atom. The van der Waals surface area contributed by atoms with Crippen LogP contribution in [0.2, 0.25) is 0 Å². The van der Waals surface area contributed by atoms with E-state index in [1.807, 2.05) is 0 Å². The second-order valence-corrected chi connectivity index (χ2v) is 4.27. The molecule has 0 heterocycles. The van der Waals surface area contributed by atoms with Crippen molar-refractivity contribution >= 4 is 23.1 Å². The molecular formula is C12H20N2O4. The molecule has 0 unspecified atom stereocenters. The molecule has 0 fully saturated rings. The maximum Gasteiger partial charge on any atom is 0.154 e. The van der Waals surface area contributed by atoms with E-state index in [9.17, 15) is 19.2 Å². The summed E-state index contributed by atoms with van der Waals surface area (Å²) in [5, 5.41) is 0. The van der Waals surface area contributed by atoms with Gasteiger partial charge in [-0.2, -0.15) is 0 Å². The topological polar surface area (TPSA) is 97.5 Å². The number of carbonyl (C=O) groups is 4. The number of Topliss-reactive ketones (excluding diaryl/α,β-unsaturated/α-hetero) is 4. The van der Waals surface area contributed by atoms with Crippen molar-refractivity contribution in [1.29, 1.82) is 0 Å². The van der Waals surface area contributed by atoms with Gasteiger partial charge < -0.3 is 5.73 Å². The smallest absolute Gasteiger partial charge is 0.154 e. The molecule has 2 N–H and O–H groups in total. The number of rotatable bonds is 8. The highest BCUT2D eigenvalue weighted by molar-refractivity contribution is 6.08. The first-order valence-corrected chi connectivity index (χ1v) is 5.71. The Morgan fingerprint density at radius 3 is 1.28 bits per heavy atom. The van der Waals surface area contributed by atoms with Crippen molar-refractivity contribution < 1.29 is 19.2 Å². The lowest BCUT2D eigenvalue weighted by atomic mass is 10.0. The standard InChI is InChI=1S/C12H20N2O4/c1-7(15)11(8(2)16)14(6-5-13)12(9(3)17)10(4)18/h11-12H,5-6,13H2,1-4H3. The van der Waals surface area contributed by atoms with Gasteiger partial charge in [0.2, 0.25) is 0 Å². The molecule has 6 heteroatoms. The zero-order valence-corrected chi connectivity index (χ0v) is 11.2. The molecule has 0 amide bonds. The summed E-state index contributed by atoms with van der Waals surface area (Å²) in [6.45, 7) is 5.31. The van der Waals surface area contributed by atoms with Gasteiger partial charge >= 0.3 is 0 Å². The van der Waals surface area contributed by atoms with Crippen molar-refractivity contribution in [1.82, 2.24) is 4.90 Å². The number of hydrogen-bond acceptors (Lipinski definition) is 6. The summed E-state index contributed by atoms with van der Waals surface area (Å²) in [6.07, 6.45) is 0. The quantitative estimate of drug-likeness (QED) is 0.579. The Kier molecular flexibility index (Phi) is 6.57. The van der Waals surface area contributed by atoms with Gasteiger partial charge in [0.25, 0.3) is 0 Å². The van der Waals surface area contributed by atoms with Crippen molar-refractivity contribution in [3.63, 3.8) is 0 Å². The number of carbonyl (C=O) groups excluding carboxylic acids is 4. The first-order valence-electron chi connectivity index (χ1n) is 5.71. The molecule has 0 spiro atoms. The van der Waals surface area contributed by atoms with Crippen molar-refractivity contribution in [2.45, 2.75) is 39.8 Å². The van der Waals surface area contributed by atoms with Gasteiger partial charge in [0.1, 0.15) is 12.1 Å². The fourth-order valence-corrected chi connectivity index (χ4v) is 2.06. The summed E-state index contributed by atoms with van der Waals surface area (Å²) in [4.78, 5) is 47.4. The van der Waals surface area contributed by atoms with E-state index in [1.165, 1.54) is 32.6 Å². The summed E-state index contributed by atoms with van der Waals surface area (Å²) in [5.74, 6) is -1.60. The summed E-state index contributed by atoms with van der Waals surface area (Å²) in [7, 11) is 0. The third-order valence-corrected chi connectivity index (χ3v) is 2.59. The highest BCUT2D eigenvalue weighted by Gasteiger charge is 2.36. The average molecular weight is 256 g/mol. The summed E-state index contributed by atoms with van der Waals surface area (Å²) < 4.78 is 0. The zero-order chi connectivity index (χ0) is 14.5. The Morgan fingerprint density at radius 1 is 0.833 bits per heavy atom. The monoisotopic (exact) mass is 256 g/mol. The first-order chi connectivity index (χ1) is 8.23. The van der Waals surface area contributed by atoms with Gasteiger partial charge in [-0.15, -0.1) is 0 Å². The van der Waals surface area contributed by atoms with Gasteiger partial charge in [0.05, 0.1) is 0 Å². The number of nitrogens with zero attached hydrogens (tertiary/aromatic N) is 1. The molecule has 18 heavy (non-hydrogen) atoms. The van der Waals surface area contributed by atoms with Crippen LogP contribution in [-0.4, -0.2) is 53.2 Å². The Balaban J connectivity index is 5.49. The third kappa shape index (κ3) is 4.12. The summed E-state index contributed by atoms with van der Waals surface area (Å²) in [6, 6.07) is -2.18. The molecular weight excluding hydrogens is 236 g/mol. The van der Waals surface area contributed by atoms with Crippen molar-refractivity contribution in [3.8, 4) is 0 Å². The minimum Gasteiger partial charge on any atom is -0.329 e. The van der Waals surface area contributed by atoms with Crippen LogP contribution in [0, 0.1) is 0 Å². The normalized spacial score (nSPS) is 11.1. The Labute approximate surface area is 106 Å². The number of ketones is 4. The summed E-state index contributed by atoms with van der Waals surface area (Å²) >= 11 is 0. The van der Waals surface area contributed by atoms with Crippen LogP contribution in [0.5, 0.6) is 0 Å². The molecule has 0 saturated carbocycles. The molecule has 6 nitrogen and oxygen atoms in total. The number of hydrogen-bond donors (Lipinski definition) is 1. The van der Waals surface area contributed by atoms with Crippen molar-refractivity contribution in [2.24, 2.45) is 5.73 Å². The van der Waals surface area contributed by atoms with E-state index in [1.54, 1.807) is 0 Å². The van der Waals surface area contributed by atoms with E-state index in [0.717, 1.165) is 0 Å². The molecule has 0 atom stereocenters. The average Bonchev–Trinajstić information content (AvgIpc) is 2.14. The molecule has 0 bridgehead atoms. The Hall–Kier alpha value is -1.40. The van der Waals surface area contributed by atoms with Crippen LogP contribution in [0.1, 0.15) is 27.7 Å². The largest absolute Gasteiger partial charge is 0.329 e. The van der Waals surface area contributed by atoms with Crippen molar-refractivity contribution in [3.05, 3.63) is 0 Å². The Bertz CT molecular complexity index is 305. The number of nitrogens with two attached hydrogens (primary N) is 1. The van der Waals surface area contributed by atoms with Gasteiger partial charge in [-0.1, -0.05) is 0 Å². The first kappa shape index (κ1) is 16.6. The van der Waals surface area contributed by atoms with E-state index in [4.69, 9.17) is 5.73 Å². The molecule has 0 aliphatic heterocycles. The molecule has 0 radical (unpaired) electrons. The van der Waals surface area contributed by atoms with Crippen LogP contribution < -0.4 is 5.73 Å². The van der Waals surface area contributed by atoms with E-state index in [0.29, 0.717) is 0 Å². The fraction of sp³-hybridized carbons (Fsp3) is 0.667. The van der Waals surface area contributed by atoms with E-state index in [2.05, 4.69) is 0 Å². The summed E-state index contributed by atoms with van der Waals surface area (Å²) in [5.41, 5.74) is 5.42. The molecule has 0 aromatic rings. The molecule has 102 valence electrons. The minimum atomic E-state index is -1.09. The predicted molar refractivity (Wildman–Crippen MR) is 66.1 cm³/mol. The van der Waals surface area contributed by atoms with Crippen LogP contribution in [0.15, 0.2) is 0 Å². The van der Waals surface area contributed by atoms with Crippen LogP contribution in [-0.2, 0) is 19.2 Å². The molecule has 0 aromatic heterocycles. The van der Waals surface area contributed by atoms with Crippen LogP contribution in [0.4, 0.5) is 0 Å². The van der Waals surface area contributed by atoms with Crippen LogP contribution in [0.3, 0.4) is 0 Å². The zero-order valence-electron chi connectivity index (χ0n) is 11.2. The third-order valence-electron chi connectivity index (χ3n) is 2.59. The van der Waals surface area contributed by atoms with Crippen LogP contribution >= 0.6 is 0 Å². The maximum atomic E-state index is 11.5. The minimum absolute atomic E-state index is 0.133. The van der Waals surface area contributed by atoms with E-state index in [-0.39, 0.29) is 13.1 Å². The van der Waals surface area contributed by atoms with E-state index < -0.39 is 35.2 Å². The van der Waals surface area contributed by atoms with Crippen LogP contribution in [0.25, 0.3) is 0 Å².